The van der Waals surface area contributed by atoms with Crippen LogP contribution in [-0.4, -0.2) is 17.0 Å². The van der Waals surface area contributed by atoms with Crippen molar-refractivity contribution < 1.29 is 0 Å². The topological polar surface area (TPSA) is 55.0 Å². The average molecular weight is 297 g/mol. The highest BCUT2D eigenvalue weighted by molar-refractivity contribution is 6.35. The number of nitrogens with two attached hydrogens (primary N) is 1. The van der Waals surface area contributed by atoms with Crippen molar-refractivity contribution in [2.75, 3.05) is 17.7 Å². The number of aromatic nitrogens is 2. The first-order valence-electron chi connectivity index (χ1n) is 5.75. The van der Waals surface area contributed by atoms with E-state index in [0.29, 0.717) is 15.9 Å². The minimum Gasteiger partial charge on any atom is -0.382 e. The van der Waals surface area contributed by atoms with Crippen LogP contribution in [0.15, 0.2) is 30.6 Å². The Balaban J connectivity index is 2.33. The summed E-state index contributed by atoms with van der Waals surface area (Å²) in [6, 6.07) is 7.74. The summed E-state index contributed by atoms with van der Waals surface area (Å²) < 4.78 is 0. The van der Waals surface area contributed by atoms with Gasteiger partial charge in [0.05, 0.1) is 6.04 Å². The Morgan fingerprint density at radius 2 is 2.00 bits per heavy atom. The predicted octanol–water partition coefficient (Wildman–Crippen LogP) is 3.56. The van der Waals surface area contributed by atoms with Crippen LogP contribution in [-0.2, 0) is 0 Å². The Morgan fingerprint density at radius 1 is 1.26 bits per heavy atom. The van der Waals surface area contributed by atoms with Crippen LogP contribution in [0.3, 0.4) is 0 Å². The Hall–Kier alpha value is -1.52. The summed E-state index contributed by atoms with van der Waals surface area (Å²) in [5.41, 5.74) is 6.76. The number of nitrogen functional groups attached to an aromatic ring is 1. The molecule has 0 aliphatic carbocycles. The van der Waals surface area contributed by atoms with Gasteiger partial charge in [-0.1, -0.05) is 35.3 Å². The molecule has 0 amide bonds. The molecule has 0 fully saturated rings. The van der Waals surface area contributed by atoms with Gasteiger partial charge in [0.15, 0.2) is 5.82 Å². The Morgan fingerprint density at radius 3 is 2.68 bits per heavy atom. The van der Waals surface area contributed by atoms with Gasteiger partial charge in [-0.3, -0.25) is 0 Å². The Labute approximate surface area is 122 Å². The van der Waals surface area contributed by atoms with E-state index in [1.54, 1.807) is 0 Å². The SMILES string of the molecule is CC(c1cccc(Cl)c1)N(C)c1ncnc(N)c1Cl. The fourth-order valence-corrected chi connectivity index (χ4v) is 2.22. The van der Waals surface area contributed by atoms with Crippen LogP contribution in [0.5, 0.6) is 0 Å². The summed E-state index contributed by atoms with van der Waals surface area (Å²) in [6.07, 6.45) is 1.40. The number of rotatable bonds is 3. The number of halogens is 2. The third-order valence-electron chi connectivity index (χ3n) is 3.04. The molecule has 0 aliphatic heterocycles. The summed E-state index contributed by atoms with van der Waals surface area (Å²) in [6.45, 7) is 2.04. The lowest BCUT2D eigenvalue weighted by atomic mass is 10.1. The molecule has 0 spiro atoms. The van der Waals surface area contributed by atoms with Gasteiger partial charge in [-0.05, 0) is 24.6 Å². The van der Waals surface area contributed by atoms with Crippen molar-refractivity contribution in [2.24, 2.45) is 0 Å². The van der Waals surface area contributed by atoms with E-state index < -0.39 is 0 Å². The van der Waals surface area contributed by atoms with Crippen LogP contribution < -0.4 is 10.6 Å². The molecule has 0 aliphatic rings. The van der Waals surface area contributed by atoms with Crippen LogP contribution in [0.2, 0.25) is 10.0 Å². The molecule has 1 heterocycles. The lowest BCUT2D eigenvalue weighted by molar-refractivity contribution is 0.727. The molecule has 19 heavy (non-hydrogen) atoms. The predicted molar refractivity (Wildman–Crippen MR) is 79.7 cm³/mol. The van der Waals surface area contributed by atoms with E-state index >= 15 is 0 Å². The van der Waals surface area contributed by atoms with E-state index in [1.807, 2.05) is 43.1 Å². The number of anilines is 2. The number of hydrogen-bond acceptors (Lipinski definition) is 4. The molecule has 2 rings (SSSR count). The van der Waals surface area contributed by atoms with Crippen LogP contribution in [0.1, 0.15) is 18.5 Å². The van der Waals surface area contributed by atoms with E-state index in [4.69, 9.17) is 28.9 Å². The number of nitrogens with zero attached hydrogens (tertiary/aromatic N) is 3. The summed E-state index contributed by atoms with van der Waals surface area (Å²) >= 11 is 12.1. The van der Waals surface area contributed by atoms with Gasteiger partial charge < -0.3 is 10.6 Å². The second kappa shape index (κ2) is 5.63. The van der Waals surface area contributed by atoms with E-state index in [2.05, 4.69) is 9.97 Å². The van der Waals surface area contributed by atoms with E-state index in [1.165, 1.54) is 6.33 Å². The summed E-state index contributed by atoms with van der Waals surface area (Å²) in [5, 5.41) is 1.06. The first-order chi connectivity index (χ1) is 9.00. The van der Waals surface area contributed by atoms with Crippen molar-refractivity contribution in [2.45, 2.75) is 13.0 Å². The second-order valence-corrected chi connectivity index (χ2v) is 5.05. The van der Waals surface area contributed by atoms with Crippen LogP contribution in [0, 0.1) is 0 Å². The van der Waals surface area contributed by atoms with Gasteiger partial charge in [0.1, 0.15) is 17.2 Å². The normalized spacial score (nSPS) is 12.2. The quantitative estimate of drug-likeness (QED) is 0.941. The van der Waals surface area contributed by atoms with Gasteiger partial charge in [-0.2, -0.15) is 0 Å². The molecule has 0 bridgehead atoms. The van der Waals surface area contributed by atoms with Crippen molar-refractivity contribution in [1.82, 2.24) is 9.97 Å². The van der Waals surface area contributed by atoms with Crippen molar-refractivity contribution in [3.63, 3.8) is 0 Å². The van der Waals surface area contributed by atoms with Gasteiger partial charge in [0, 0.05) is 12.1 Å². The molecule has 1 aromatic carbocycles. The maximum Gasteiger partial charge on any atom is 0.153 e. The summed E-state index contributed by atoms with van der Waals surface area (Å²) in [4.78, 5) is 9.97. The molecule has 2 aromatic rings. The second-order valence-electron chi connectivity index (χ2n) is 4.24. The highest BCUT2D eigenvalue weighted by atomic mass is 35.5. The molecule has 0 radical (unpaired) electrons. The van der Waals surface area contributed by atoms with E-state index in [0.717, 1.165) is 5.56 Å². The zero-order valence-electron chi connectivity index (χ0n) is 10.6. The van der Waals surface area contributed by atoms with Crippen LogP contribution in [0.25, 0.3) is 0 Å². The van der Waals surface area contributed by atoms with Crippen molar-refractivity contribution in [1.29, 1.82) is 0 Å². The minimum atomic E-state index is 0.0606. The maximum absolute atomic E-state index is 6.13. The highest BCUT2D eigenvalue weighted by Crippen LogP contribution is 2.32. The molecule has 6 heteroatoms. The van der Waals surface area contributed by atoms with E-state index in [9.17, 15) is 0 Å². The standard InChI is InChI=1S/C13H14Cl2N4/c1-8(9-4-3-5-10(14)6-9)19(2)13-11(15)12(16)17-7-18-13/h3-8H,1-2H3,(H2,16,17,18). The molecule has 1 aromatic heterocycles. The Kier molecular flexibility index (Phi) is 4.12. The molecule has 100 valence electrons. The minimum absolute atomic E-state index is 0.0606. The largest absolute Gasteiger partial charge is 0.382 e. The molecule has 4 nitrogen and oxygen atoms in total. The molecule has 2 N–H and O–H groups in total. The van der Waals surface area contributed by atoms with Crippen molar-refractivity contribution in [3.05, 3.63) is 46.2 Å². The maximum atomic E-state index is 6.13. The monoisotopic (exact) mass is 296 g/mol. The smallest absolute Gasteiger partial charge is 0.153 e. The molecule has 1 atom stereocenters. The first-order valence-corrected chi connectivity index (χ1v) is 6.50. The van der Waals surface area contributed by atoms with Crippen molar-refractivity contribution in [3.8, 4) is 0 Å². The van der Waals surface area contributed by atoms with E-state index in [-0.39, 0.29) is 11.9 Å². The zero-order valence-corrected chi connectivity index (χ0v) is 12.2. The van der Waals surface area contributed by atoms with Gasteiger partial charge >= 0.3 is 0 Å². The zero-order chi connectivity index (χ0) is 14.0. The number of hydrogen-bond donors (Lipinski definition) is 1. The third kappa shape index (κ3) is 2.91. The van der Waals surface area contributed by atoms with Gasteiger partial charge in [0.2, 0.25) is 0 Å². The molecule has 0 saturated heterocycles. The fourth-order valence-electron chi connectivity index (χ4n) is 1.79. The summed E-state index contributed by atoms with van der Waals surface area (Å²) in [7, 11) is 1.90. The van der Waals surface area contributed by atoms with Crippen molar-refractivity contribution >= 4 is 34.8 Å². The van der Waals surface area contributed by atoms with Crippen LogP contribution in [0.4, 0.5) is 11.6 Å². The van der Waals surface area contributed by atoms with Gasteiger partial charge in [0.25, 0.3) is 0 Å². The summed E-state index contributed by atoms with van der Waals surface area (Å²) in [5.74, 6) is 0.874. The third-order valence-corrected chi connectivity index (χ3v) is 3.64. The van der Waals surface area contributed by atoms with Crippen LogP contribution >= 0.6 is 23.2 Å². The van der Waals surface area contributed by atoms with Gasteiger partial charge in [-0.25, -0.2) is 9.97 Å². The average Bonchev–Trinajstić information content (AvgIpc) is 2.40. The molecular formula is C13H14Cl2N4. The molecule has 0 saturated carbocycles. The fraction of sp³-hybridized carbons (Fsp3) is 0.231. The first kappa shape index (κ1) is 13.9. The highest BCUT2D eigenvalue weighted by Gasteiger charge is 2.17. The number of benzene rings is 1. The molecular weight excluding hydrogens is 283 g/mol. The van der Waals surface area contributed by atoms with Gasteiger partial charge in [-0.15, -0.1) is 0 Å². The Bertz CT molecular complexity index is 589. The lowest BCUT2D eigenvalue weighted by Crippen LogP contribution is -2.23. The molecule has 1 unspecified atom stereocenters. The lowest BCUT2D eigenvalue weighted by Gasteiger charge is -2.27.